The number of hydrogen-bond donors (Lipinski definition) is 4. The SMILES string of the molecule is O=C1OC(=O)C(N(CCO)CCO)=C1B(O)O. The second kappa shape index (κ2) is 5.78. The van der Waals surface area contributed by atoms with Crippen molar-refractivity contribution in [3.63, 3.8) is 0 Å². The number of aliphatic hydroxyl groups excluding tert-OH is 2. The maximum Gasteiger partial charge on any atom is 0.498 e. The lowest BCUT2D eigenvalue weighted by atomic mass is 9.78. The standard InChI is InChI=1S/C8H12BNO7/c11-3-1-10(2-4-12)6-5(9(15)16)7(13)17-8(6)14/h11-12,15-16H,1-4H2. The van der Waals surface area contributed by atoms with Crippen molar-refractivity contribution in [1.29, 1.82) is 0 Å². The van der Waals surface area contributed by atoms with Gasteiger partial charge in [0, 0.05) is 13.1 Å². The van der Waals surface area contributed by atoms with Crippen LogP contribution in [0.25, 0.3) is 0 Å². The van der Waals surface area contributed by atoms with Gasteiger partial charge in [0.1, 0.15) is 5.70 Å². The molecule has 0 amide bonds. The first-order valence-electron chi connectivity index (χ1n) is 4.86. The van der Waals surface area contributed by atoms with Gasteiger partial charge < -0.3 is 29.9 Å². The summed E-state index contributed by atoms with van der Waals surface area (Å²) in [5.74, 6) is -2.17. The highest BCUT2D eigenvalue weighted by Crippen LogP contribution is 2.21. The molecule has 1 aliphatic heterocycles. The van der Waals surface area contributed by atoms with Crippen LogP contribution in [0.3, 0.4) is 0 Å². The van der Waals surface area contributed by atoms with Gasteiger partial charge >= 0.3 is 19.1 Å². The number of cyclic esters (lactones) is 2. The molecule has 1 rings (SSSR count). The number of rotatable bonds is 6. The second-order valence-electron chi connectivity index (χ2n) is 3.25. The van der Waals surface area contributed by atoms with E-state index < -0.39 is 24.5 Å². The minimum atomic E-state index is -2.15. The summed E-state index contributed by atoms with van der Waals surface area (Å²) in [5, 5.41) is 35.6. The summed E-state index contributed by atoms with van der Waals surface area (Å²) in [5.41, 5.74) is -0.926. The van der Waals surface area contributed by atoms with E-state index in [9.17, 15) is 9.59 Å². The van der Waals surface area contributed by atoms with Crippen molar-refractivity contribution in [2.24, 2.45) is 0 Å². The highest BCUT2D eigenvalue weighted by Gasteiger charge is 2.41. The van der Waals surface area contributed by atoms with E-state index in [0.29, 0.717) is 0 Å². The Balaban J connectivity index is 3.10. The lowest BCUT2D eigenvalue weighted by Crippen LogP contribution is -2.34. The highest BCUT2D eigenvalue weighted by atomic mass is 16.6. The molecule has 8 nitrogen and oxygen atoms in total. The van der Waals surface area contributed by atoms with Crippen molar-refractivity contribution in [2.45, 2.75) is 0 Å². The molecule has 0 fully saturated rings. The number of hydrogen-bond acceptors (Lipinski definition) is 8. The van der Waals surface area contributed by atoms with Gasteiger partial charge in [-0.2, -0.15) is 0 Å². The van der Waals surface area contributed by atoms with Gasteiger partial charge in [-0.3, -0.25) is 0 Å². The molecule has 17 heavy (non-hydrogen) atoms. The van der Waals surface area contributed by atoms with Crippen LogP contribution in [-0.2, 0) is 14.3 Å². The Labute approximate surface area is 96.9 Å². The van der Waals surface area contributed by atoms with Crippen LogP contribution in [-0.4, -0.2) is 70.5 Å². The largest absolute Gasteiger partial charge is 0.498 e. The van der Waals surface area contributed by atoms with E-state index in [2.05, 4.69) is 4.74 Å². The minimum Gasteiger partial charge on any atom is -0.423 e. The van der Waals surface area contributed by atoms with Crippen molar-refractivity contribution in [3.05, 3.63) is 11.2 Å². The molecule has 0 spiro atoms. The molecule has 0 saturated carbocycles. The number of aliphatic hydroxyl groups is 2. The fraction of sp³-hybridized carbons (Fsp3) is 0.500. The average Bonchev–Trinajstić information content (AvgIpc) is 2.53. The number of esters is 2. The van der Waals surface area contributed by atoms with Crippen molar-refractivity contribution in [1.82, 2.24) is 4.90 Å². The topological polar surface area (TPSA) is 128 Å². The first kappa shape index (κ1) is 13.6. The summed E-state index contributed by atoms with van der Waals surface area (Å²) in [6.45, 7) is -0.761. The Morgan fingerprint density at radius 1 is 1.06 bits per heavy atom. The van der Waals surface area contributed by atoms with Crippen LogP contribution in [0.5, 0.6) is 0 Å². The van der Waals surface area contributed by atoms with Crippen LogP contribution < -0.4 is 0 Å². The molecule has 0 bridgehead atoms. The highest BCUT2D eigenvalue weighted by molar-refractivity contribution is 6.60. The summed E-state index contributed by atoms with van der Waals surface area (Å²) >= 11 is 0. The maximum absolute atomic E-state index is 11.4. The summed E-state index contributed by atoms with van der Waals surface area (Å²) in [6.07, 6.45) is 0. The molecule has 1 aliphatic rings. The summed E-state index contributed by atoms with van der Waals surface area (Å²) < 4.78 is 4.24. The molecular formula is C8H12BNO7. The lowest BCUT2D eigenvalue weighted by molar-refractivity contribution is -0.151. The second-order valence-corrected chi connectivity index (χ2v) is 3.25. The average molecular weight is 245 g/mol. The van der Waals surface area contributed by atoms with Crippen LogP contribution in [0.1, 0.15) is 0 Å². The third-order valence-corrected chi connectivity index (χ3v) is 2.17. The van der Waals surface area contributed by atoms with E-state index in [4.69, 9.17) is 20.3 Å². The Hall–Kier alpha value is -1.42. The molecule has 0 aromatic carbocycles. The van der Waals surface area contributed by atoms with Crippen LogP contribution in [0.15, 0.2) is 11.2 Å². The Morgan fingerprint density at radius 3 is 2.00 bits per heavy atom. The molecule has 9 heteroatoms. The molecule has 0 aromatic heterocycles. The fourth-order valence-corrected chi connectivity index (χ4v) is 1.50. The Morgan fingerprint density at radius 2 is 1.59 bits per heavy atom. The van der Waals surface area contributed by atoms with Gasteiger partial charge in [-0.25, -0.2) is 9.59 Å². The van der Waals surface area contributed by atoms with Gasteiger partial charge in [0.05, 0.1) is 18.7 Å². The quantitative estimate of drug-likeness (QED) is 0.217. The molecular weight excluding hydrogens is 233 g/mol. The van der Waals surface area contributed by atoms with E-state index in [1.807, 2.05) is 0 Å². The summed E-state index contributed by atoms with van der Waals surface area (Å²) in [6, 6.07) is 0. The van der Waals surface area contributed by atoms with Gasteiger partial charge in [0.25, 0.3) is 0 Å². The zero-order valence-corrected chi connectivity index (χ0v) is 8.87. The van der Waals surface area contributed by atoms with E-state index in [0.717, 1.165) is 4.90 Å². The number of carbonyl (C=O) groups is 2. The fourth-order valence-electron chi connectivity index (χ4n) is 1.50. The molecule has 0 radical (unpaired) electrons. The van der Waals surface area contributed by atoms with E-state index >= 15 is 0 Å². The van der Waals surface area contributed by atoms with Crippen molar-refractivity contribution in [2.75, 3.05) is 26.3 Å². The molecule has 0 atom stereocenters. The van der Waals surface area contributed by atoms with Crippen molar-refractivity contribution in [3.8, 4) is 0 Å². The van der Waals surface area contributed by atoms with Crippen molar-refractivity contribution < 1.29 is 34.6 Å². The van der Waals surface area contributed by atoms with Crippen LogP contribution in [0, 0.1) is 0 Å². The molecule has 4 N–H and O–H groups in total. The van der Waals surface area contributed by atoms with E-state index in [1.165, 1.54) is 0 Å². The third kappa shape index (κ3) is 2.83. The van der Waals surface area contributed by atoms with E-state index in [-0.39, 0.29) is 32.0 Å². The van der Waals surface area contributed by atoms with Crippen LogP contribution in [0.2, 0.25) is 0 Å². The van der Waals surface area contributed by atoms with E-state index in [1.54, 1.807) is 0 Å². The predicted octanol–water partition coefficient (Wildman–Crippen LogP) is -3.38. The molecule has 0 unspecified atom stereocenters. The minimum absolute atomic E-state index is 0.0471. The zero-order chi connectivity index (χ0) is 13.0. The molecule has 1 heterocycles. The Bertz CT molecular complexity index is 348. The van der Waals surface area contributed by atoms with Crippen molar-refractivity contribution >= 4 is 19.1 Å². The number of ether oxygens (including phenoxy) is 1. The van der Waals surface area contributed by atoms with Crippen LogP contribution in [0.4, 0.5) is 0 Å². The monoisotopic (exact) mass is 245 g/mol. The lowest BCUT2D eigenvalue weighted by Gasteiger charge is -2.22. The maximum atomic E-state index is 11.4. The first-order chi connectivity index (χ1) is 8.02. The smallest absolute Gasteiger partial charge is 0.423 e. The first-order valence-corrected chi connectivity index (χ1v) is 4.86. The normalized spacial score (nSPS) is 15.3. The number of carbonyl (C=O) groups excluding carboxylic acids is 2. The van der Waals surface area contributed by atoms with Gasteiger partial charge in [0.15, 0.2) is 0 Å². The summed E-state index contributed by atoms with van der Waals surface area (Å²) in [4.78, 5) is 23.7. The van der Waals surface area contributed by atoms with Gasteiger partial charge in [0.2, 0.25) is 0 Å². The van der Waals surface area contributed by atoms with Crippen LogP contribution >= 0.6 is 0 Å². The summed E-state index contributed by atoms with van der Waals surface area (Å²) in [7, 11) is -2.15. The molecule has 0 aromatic rings. The van der Waals surface area contributed by atoms with Gasteiger partial charge in [-0.1, -0.05) is 0 Å². The number of nitrogens with zero attached hydrogens (tertiary/aromatic N) is 1. The molecule has 0 saturated heterocycles. The predicted molar refractivity (Wildman–Crippen MR) is 54.1 cm³/mol. The molecule has 94 valence electrons. The van der Waals surface area contributed by atoms with Gasteiger partial charge in [-0.05, 0) is 0 Å². The van der Waals surface area contributed by atoms with Gasteiger partial charge in [-0.15, -0.1) is 0 Å². The Kier molecular flexibility index (Phi) is 4.64. The third-order valence-electron chi connectivity index (χ3n) is 2.17. The zero-order valence-electron chi connectivity index (χ0n) is 8.87. The molecule has 0 aliphatic carbocycles.